The van der Waals surface area contributed by atoms with E-state index in [1.54, 1.807) is 12.1 Å². The minimum atomic E-state index is -0.781. The van der Waals surface area contributed by atoms with Crippen molar-refractivity contribution in [3.63, 3.8) is 0 Å². The Labute approximate surface area is 220 Å². The Morgan fingerprint density at radius 3 is 1.82 bits per heavy atom. The van der Waals surface area contributed by atoms with E-state index in [1.165, 1.54) is 39.0 Å². The van der Waals surface area contributed by atoms with Crippen LogP contribution >= 0.6 is 0 Å². The molecule has 8 nitrogen and oxygen atoms in total. The van der Waals surface area contributed by atoms with Crippen LogP contribution in [0.5, 0.6) is 5.75 Å². The second-order valence-corrected chi connectivity index (χ2v) is 8.41. The van der Waals surface area contributed by atoms with Crippen LogP contribution in [-0.4, -0.2) is 43.7 Å². The Morgan fingerprint density at radius 1 is 0.711 bits per heavy atom. The number of hydrogen-bond donors (Lipinski definition) is 0. The minimum Gasteiger partial charge on any atom is -0.462 e. The molecule has 0 saturated heterocycles. The largest absolute Gasteiger partial charge is 0.462 e. The average molecular weight is 525 g/mol. The Kier molecular flexibility index (Phi) is 10.7. The van der Waals surface area contributed by atoms with Gasteiger partial charge in [0.1, 0.15) is 13.2 Å². The first-order valence-electron chi connectivity index (χ1n) is 11.5. The van der Waals surface area contributed by atoms with Gasteiger partial charge in [-0.3, -0.25) is 0 Å². The lowest BCUT2D eigenvalue weighted by Crippen LogP contribution is -2.16. The highest BCUT2D eigenvalue weighted by Gasteiger charge is 2.17. The molecule has 2 aromatic rings. The third-order valence-electron chi connectivity index (χ3n) is 5.00. The molecule has 0 spiro atoms. The molecule has 0 aliphatic carbocycles. The first kappa shape index (κ1) is 29.7. The number of rotatable bonds is 12. The smallest absolute Gasteiger partial charge is 0.338 e. The van der Waals surface area contributed by atoms with Crippen molar-refractivity contribution in [1.82, 2.24) is 0 Å². The van der Waals surface area contributed by atoms with Crippen LogP contribution < -0.4 is 4.74 Å². The van der Waals surface area contributed by atoms with Gasteiger partial charge in [-0.25, -0.2) is 23.6 Å². The molecule has 200 valence electrons. The second kappa shape index (κ2) is 13.7. The predicted molar refractivity (Wildman–Crippen MR) is 138 cm³/mol. The fourth-order valence-corrected chi connectivity index (χ4v) is 2.96. The summed E-state index contributed by atoms with van der Waals surface area (Å²) in [6, 6.07) is 8.79. The van der Waals surface area contributed by atoms with E-state index in [4.69, 9.17) is 18.9 Å². The molecule has 2 rings (SSSR count). The molecule has 0 N–H and O–H groups in total. The molecule has 0 unspecified atom stereocenters. The summed E-state index contributed by atoms with van der Waals surface area (Å²) in [5, 5.41) is 0. The molecule has 0 fully saturated rings. The van der Waals surface area contributed by atoms with Crippen LogP contribution in [0.15, 0.2) is 72.9 Å². The summed E-state index contributed by atoms with van der Waals surface area (Å²) in [6.45, 7) is 14.5. The first-order valence-corrected chi connectivity index (χ1v) is 11.5. The number of esters is 4. The molecule has 9 heteroatoms. The zero-order valence-corrected chi connectivity index (χ0v) is 21.6. The highest BCUT2D eigenvalue weighted by atomic mass is 19.1. The van der Waals surface area contributed by atoms with E-state index in [1.807, 2.05) is 0 Å². The van der Waals surface area contributed by atoms with E-state index < -0.39 is 29.7 Å². The molecule has 0 saturated carbocycles. The van der Waals surface area contributed by atoms with Crippen molar-refractivity contribution in [2.75, 3.05) is 19.8 Å². The average Bonchev–Trinajstić information content (AvgIpc) is 2.87. The van der Waals surface area contributed by atoms with Gasteiger partial charge in [-0.1, -0.05) is 37.9 Å². The summed E-state index contributed by atoms with van der Waals surface area (Å²) in [5.74, 6) is -3.69. The maximum absolute atomic E-state index is 14.6. The summed E-state index contributed by atoms with van der Waals surface area (Å²) in [5.41, 5.74) is 2.12. The predicted octanol–water partition coefficient (Wildman–Crippen LogP) is 4.91. The molecule has 0 heterocycles. The molecule has 0 amide bonds. The molecule has 0 aliphatic rings. The third-order valence-corrected chi connectivity index (χ3v) is 5.00. The number of benzene rings is 2. The van der Waals surface area contributed by atoms with Crippen LogP contribution in [0, 0.1) is 5.82 Å². The Morgan fingerprint density at radius 2 is 1.24 bits per heavy atom. The number of halogens is 1. The van der Waals surface area contributed by atoms with Gasteiger partial charge in [-0.05, 0) is 55.7 Å². The van der Waals surface area contributed by atoms with Crippen LogP contribution in [0.25, 0.3) is 11.1 Å². The van der Waals surface area contributed by atoms with Gasteiger partial charge in [0.2, 0.25) is 0 Å². The monoisotopic (exact) mass is 524 g/mol. The van der Waals surface area contributed by atoms with Crippen molar-refractivity contribution in [3.8, 4) is 16.9 Å². The number of carbonyl (C=O) groups is 4. The molecule has 0 aromatic heterocycles. The zero-order chi connectivity index (χ0) is 28.4. The van der Waals surface area contributed by atoms with Crippen LogP contribution in [0.2, 0.25) is 0 Å². The van der Waals surface area contributed by atoms with Crippen molar-refractivity contribution >= 4 is 23.9 Å². The normalized spacial score (nSPS) is 10.2. The second-order valence-electron chi connectivity index (χ2n) is 8.41. The molecular weight excluding hydrogens is 495 g/mol. The summed E-state index contributed by atoms with van der Waals surface area (Å²) < 4.78 is 34.9. The van der Waals surface area contributed by atoms with Crippen molar-refractivity contribution in [2.45, 2.75) is 27.2 Å². The van der Waals surface area contributed by atoms with E-state index >= 15 is 0 Å². The lowest BCUT2D eigenvalue weighted by Gasteiger charge is -2.13. The molecule has 0 bridgehead atoms. The Balaban J connectivity index is 2.28. The molecule has 0 aliphatic heterocycles. The third kappa shape index (κ3) is 8.55. The Bertz CT molecular complexity index is 1290. The van der Waals surface area contributed by atoms with Gasteiger partial charge >= 0.3 is 23.9 Å². The lowest BCUT2D eigenvalue weighted by atomic mass is 9.97. The maximum atomic E-state index is 14.6. The van der Waals surface area contributed by atoms with E-state index in [0.717, 1.165) is 6.07 Å². The summed E-state index contributed by atoms with van der Waals surface area (Å²) in [4.78, 5) is 47.8. The van der Waals surface area contributed by atoms with Gasteiger partial charge in [-0.15, -0.1) is 0 Å². The van der Waals surface area contributed by atoms with Gasteiger partial charge in [0.05, 0.1) is 12.2 Å². The quantitative estimate of drug-likeness (QED) is 0.127. The molecule has 0 radical (unpaired) electrons. The number of ether oxygens (including phenoxy) is 4. The summed E-state index contributed by atoms with van der Waals surface area (Å²) in [6.07, 6.45) is 0.193. The Hall–Kier alpha value is -4.53. The van der Waals surface area contributed by atoms with E-state index in [9.17, 15) is 23.6 Å². The fourth-order valence-electron chi connectivity index (χ4n) is 2.96. The number of carbonyl (C=O) groups excluding carboxylic acids is 4. The van der Waals surface area contributed by atoms with Crippen LogP contribution in [0.1, 0.15) is 36.7 Å². The van der Waals surface area contributed by atoms with Gasteiger partial charge < -0.3 is 18.9 Å². The molecule has 0 atom stereocenters. The summed E-state index contributed by atoms with van der Waals surface area (Å²) >= 11 is 0. The topological polar surface area (TPSA) is 105 Å². The first-order chi connectivity index (χ1) is 17.9. The summed E-state index contributed by atoms with van der Waals surface area (Å²) in [7, 11) is 0. The van der Waals surface area contributed by atoms with E-state index in [2.05, 4.69) is 19.7 Å². The van der Waals surface area contributed by atoms with E-state index in [-0.39, 0.29) is 54.3 Å². The molecule has 2 aromatic carbocycles. The number of hydrogen-bond acceptors (Lipinski definition) is 8. The zero-order valence-electron chi connectivity index (χ0n) is 21.6. The molecular formula is C29H29FO8. The lowest BCUT2D eigenvalue weighted by molar-refractivity contribution is -0.140. The van der Waals surface area contributed by atoms with Crippen LogP contribution in [-0.2, 0) is 35.0 Å². The van der Waals surface area contributed by atoms with E-state index in [0.29, 0.717) is 16.7 Å². The fraction of sp³-hybridized carbons (Fsp3) is 0.241. The molecule has 38 heavy (non-hydrogen) atoms. The van der Waals surface area contributed by atoms with Gasteiger partial charge in [0.25, 0.3) is 0 Å². The minimum absolute atomic E-state index is 0.0149. The maximum Gasteiger partial charge on any atom is 0.338 e. The SMILES string of the molecule is C=C(C)C(=O)OCCOC(=O)c1cc(-c2ccc(OC(=O)C(=C)C)c(F)c2)ccc1CCOC(=O)C(=C)C. The standard InChI is InChI=1S/C29H29FO8/c1-17(2)26(31)35-12-11-20-7-8-21(15-23(20)29(34)37-14-13-36-27(32)18(3)4)22-9-10-25(24(30)16-22)38-28(33)19(5)6/h7-10,15-16H,1,3,5,11-14H2,2,4,6H3. The van der Waals surface area contributed by atoms with Crippen molar-refractivity contribution in [1.29, 1.82) is 0 Å². The van der Waals surface area contributed by atoms with Crippen molar-refractivity contribution < 1.29 is 42.5 Å². The van der Waals surface area contributed by atoms with Gasteiger partial charge in [-0.2, -0.15) is 0 Å². The van der Waals surface area contributed by atoms with Crippen molar-refractivity contribution in [2.24, 2.45) is 0 Å². The highest BCUT2D eigenvalue weighted by Crippen LogP contribution is 2.28. The van der Waals surface area contributed by atoms with Crippen LogP contribution in [0.3, 0.4) is 0 Å². The van der Waals surface area contributed by atoms with Crippen LogP contribution in [0.4, 0.5) is 4.39 Å². The van der Waals surface area contributed by atoms with Crippen molar-refractivity contribution in [3.05, 3.63) is 89.8 Å². The highest BCUT2D eigenvalue weighted by molar-refractivity contribution is 5.93. The van der Waals surface area contributed by atoms with Gasteiger partial charge in [0, 0.05) is 23.1 Å². The van der Waals surface area contributed by atoms with Gasteiger partial charge in [0.15, 0.2) is 11.6 Å².